The van der Waals surface area contributed by atoms with E-state index in [9.17, 15) is 18.0 Å². The molecule has 1 aromatic carbocycles. The Morgan fingerprint density at radius 1 is 1.48 bits per heavy atom. The number of halogens is 3. The summed E-state index contributed by atoms with van der Waals surface area (Å²) in [4.78, 5) is 13.5. The van der Waals surface area contributed by atoms with Crippen LogP contribution in [0.25, 0.3) is 0 Å². The number of rotatable bonds is 4. The average molecular weight is 302 g/mol. The third kappa shape index (κ3) is 3.36. The second-order valence-corrected chi connectivity index (χ2v) is 5.01. The number of hydrogen-bond donors (Lipinski definition) is 1. The van der Waals surface area contributed by atoms with Crippen LogP contribution in [0.4, 0.5) is 13.2 Å². The molecule has 0 radical (unpaired) electrons. The van der Waals surface area contributed by atoms with Crippen molar-refractivity contribution in [2.24, 2.45) is 0 Å². The average Bonchev–Trinajstić information content (AvgIpc) is 2.80. The summed E-state index contributed by atoms with van der Waals surface area (Å²) in [5, 5.41) is 2.94. The molecule has 1 N–H and O–H groups in total. The summed E-state index contributed by atoms with van der Waals surface area (Å²) in [6.07, 6.45) is -4.97. The van der Waals surface area contributed by atoms with Crippen molar-refractivity contribution in [3.8, 4) is 0 Å². The normalized spacial score (nSPS) is 20.9. The third-order valence-electron chi connectivity index (χ3n) is 3.43. The van der Waals surface area contributed by atoms with Gasteiger partial charge < -0.3 is 9.64 Å². The number of ether oxygens (including phenoxy) is 1. The molecule has 7 heteroatoms. The summed E-state index contributed by atoms with van der Waals surface area (Å²) in [7, 11) is 1.52. The second-order valence-electron chi connectivity index (χ2n) is 5.01. The predicted molar refractivity (Wildman–Crippen MR) is 70.4 cm³/mol. The Hall–Kier alpha value is -1.60. The lowest BCUT2D eigenvalue weighted by Crippen LogP contribution is -2.40. The van der Waals surface area contributed by atoms with Crippen molar-refractivity contribution in [3.63, 3.8) is 0 Å². The number of alkyl halides is 3. The van der Waals surface area contributed by atoms with Gasteiger partial charge in [0.15, 0.2) is 0 Å². The van der Waals surface area contributed by atoms with Crippen LogP contribution in [0.1, 0.15) is 24.2 Å². The fraction of sp³-hybridized carbons (Fsp3) is 0.500. The summed E-state index contributed by atoms with van der Waals surface area (Å²) >= 11 is 0. The molecule has 1 heterocycles. The molecule has 1 amide bonds. The van der Waals surface area contributed by atoms with Crippen molar-refractivity contribution in [2.75, 3.05) is 20.3 Å². The van der Waals surface area contributed by atoms with Gasteiger partial charge >= 0.3 is 6.18 Å². The molecule has 1 aromatic rings. The van der Waals surface area contributed by atoms with Gasteiger partial charge in [-0.05, 0) is 24.6 Å². The Morgan fingerprint density at radius 2 is 2.19 bits per heavy atom. The van der Waals surface area contributed by atoms with Crippen LogP contribution in [-0.2, 0) is 15.7 Å². The minimum atomic E-state index is -4.40. The maximum Gasteiger partial charge on any atom is 0.416 e. The van der Waals surface area contributed by atoms with E-state index in [1.54, 1.807) is 13.0 Å². The van der Waals surface area contributed by atoms with Crippen molar-refractivity contribution < 1.29 is 22.7 Å². The number of hydrogen-bond acceptors (Lipinski definition) is 3. The summed E-state index contributed by atoms with van der Waals surface area (Å²) in [6.45, 7) is 2.23. The van der Waals surface area contributed by atoms with Gasteiger partial charge in [-0.25, -0.2) is 0 Å². The van der Waals surface area contributed by atoms with Gasteiger partial charge in [0.05, 0.1) is 24.8 Å². The highest BCUT2D eigenvalue weighted by Crippen LogP contribution is 2.32. The van der Waals surface area contributed by atoms with E-state index in [0.29, 0.717) is 12.2 Å². The zero-order chi connectivity index (χ0) is 15.6. The first-order chi connectivity index (χ1) is 9.84. The van der Waals surface area contributed by atoms with E-state index in [1.165, 1.54) is 18.1 Å². The molecule has 2 rings (SSSR count). The molecule has 1 aliphatic rings. The molecule has 1 aliphatic heterocycles. The highest BCUT2D eigenvalue weighted by molar-refractivity contribution is 5.81. The number of nitrogens with one attached hydrogen (secondary N) is 1. The highest BCUT2D eigenvalue weighted by atomic mass is 19.4. The Bertz CT molecular complexity index is 519. The lowest BCUT2D eigenvalue weighted by atomic mass is 10.1. The standard InChI is InChI=1S/C14H17F3N2O2/c1-9(8-21-2)19-12(20)7-18-13(19)10-4-3-5-11(6-10)14(15,16)17/h3-6,9,13,18H,7-8H2,1-2H3. The Labute approximate surface area is 120 Å². The van der Waals surface area contributed by atoms with E-state index in [1.807, 2.05) is 0 Å². The van der Waals surface area contributed by atoms with Gasteiger partial charge in [-0.1, -0.05) is 12.1 Å². The monoisotopic (exact) mass is 302 g/mol. The first-order valence-electron chi connectivity index (χ1n) is 6.55. The van der Waals surface area contributed by atoms with Gasteiger partial charge in [0.1, 0.15) is 6.17 Å². The number of methoxy groups -OCH3 is 1. The fourth-order valence-corrected chi connectivity index (χ4v) is 2.50. The Kier molecular flexibility index (Phi) is 4.53. The first-order valence-corrected chi connectivity index (χ1v) is 6.55. The number of benzene rings is 1. The largest absolute Gasteiger partial charge is 0.416 e. The molecule has 0 saturated carbocycles. The molecule has 1 fully saturated rings. The summed E-state index contributed by atoms with van der Waals surface area (Å²) in [6, 6.07) is 4.79. The SMILES string of the molecule is COCC(C)N1C(=O)CNC1c1cccc(C(F)(F)F)c1. The Balaban J connectivity index is 2.30. The van der Waals surface area contributed by atoms with Crippen molar-refractivity contribution in [1.29, 1.82) is 0 Å². The maximum absolute atomic E-state index is 12.8. The van der Waals surface area contributed by atoms with Gasteiger partial charge in [-0.2, -0.15) is 13.2 Å². The molecule has 0 spiro atoms. The first kappa shape index (κ1) is 15.8. The molecule has 2 atom stereocenters. The van der Waals surface area contributed by atoms with E-state index < -0.39 is 17.9 Å². The zero-order valence-electron chi connectivity index (χ0n) is 11.8. The molecule has 0 bridgehead atoms. The minimum absolute atomic E-state index is 0.106. The van der Waals surface area contributed by atoms with E-state index in [-0.39, 0.29) is 18.5 Å². The van der Waals surface area contributed by atoms with Crippen LogP contribution in [0.2, 0.25) is 0 Å². The van der Waals surface area contributed by atoms with Gasteiger partial charge in [0, 0.05) is 7.11 Å². The van der Waals surface area contributed by atoms with Crippen LogP contribution < -0.4 is 5.32 Å². The van der Waals surface area contributed by atoms with Gasteiger partial charge in [0.25, 0.3) is 0 Å². The minimum Gasteiger partial charge on any atom is -0.383 e. The van der Waals surface area contributed by atoms with Gasteiger partial charge in [0.2, 0.25) is 5.91 Å². The van der Waals surface area contributed by atoms with Crippen LogP contribution in [0.15, 0.2) is 24.3 Å². The number of carbonyl (C=O) groups excluding carboxylic acids is 1. The van der Waals surface area contributed by atoms with Crippen LogP contribution in [0, 0.1) is 0 Å². The maximum atomic E-state index is 12.8. The van der Waals surface area contributed by atoms with E-state index in [2.05, 4.69) is 5.32 Å². The van der Waals surface area contributed by atoms with E-state index in [0.717, 1.165) is 12.1 Å². The van der Waals surface area contributed by atoms with Crippen molar-refractivity contribution in [1.82, 2.24) is 10.2 Å². The van der Waals surface area contributed by atoms with Crippen LogP contribution >= 0.6 is 0 Å². The molecular formula is C14H17F3N2O2. The van der Waals surface area contributed by atoms with Crippen molar-refractivity contribution in [3.05, 3.63) is 35.4 Å². The highest BCUT2D eigenvalue weighted by Gasteiger charge is 2.36. The molecule has 2 unspecified atom stereocenters. The molecule has 4 nitrogen and oxygen atoms in total. The predicted octanol–water partition coefficient (Wildman–Crippen LogP) is 2.17. The van der Waals surface area contributed by atoms with Gasteiger partial charge in [-0.15, -0.1) is 0 Å². The summed E-state index contributed by atoms with van der Waals surface area (Å²) in [5.41, 5.74) is -0.306. The van der Waals surface area contributed by atoms with Crippen LogP contribution in [0.5, 0.6) is 0 Å². The van der Waals surface area contributed by atoms with Crippen LogP contribution in [0.3, 0.4) is 0 Å². The van der Waals surface area contributed by atoms with Gasteiger partial charge in [-0.3, -0.25) is 10.1 Å². The number of amides is 1. The zero-order valence-corrected chi connectivity index (χ0v) is 11.8. The Morgan fingerprint density at radius 3 is 2.81 bits per heavy atom. The summed E-state index contributed by atoms with van der Waals surface area (Å²) < 4.78 is 43.4. The van der Waals surface area contributed by atoms with E-state index >= 15 is 0 Å². The fourth-order valence-electron chi connectivity index (χ4n) is 2.50. The second kappa shape index (κ2) is 6.03. The topological polar surface area (TPSA) is 41.6 Å². The third-order valence-corrected chi connectivity index (χ3v) is 3.43. The number of carbonyl (C=O) groups is 1. The lowest BCUT2D eigenvalue weighted by molar-refractivity contribution is -0.137. The molecule has 0 aliphatic carbocycles. The quantitative estimate of drug-likeness (QED) is 0.927. The molecule has 21 heavy (non-hydrogen) atoms. The van der Waals surface area contributed by atoms with Crippen LogP contribution in [-0.4, -0.2) is 37.1 Å². The number of nitrogens with zero attached hydrogens (tertiary/aromatic N) is 1. The molecule has 0 aromatic heterocycles. The van der Waals surface area contributed by atoms with Crippen molar-refractivity contribution in [2.45, 2.75) is 25.3 Å². The summed E-state index contributed by atoms with van der Waals surface area (Å²) in [5.74, 6) is -0.151. The lowest BCUT2D eigenvalue weighted by Gasteiger charge is -2.30. The molecular weight excluding hydrogens is 285 g/mol. The van der Waals surface area contributed by atoms with E-state index in [4.69, 9.17) is 4.74 Å². The molecule has 116 valence electrons. The van der Waals surface area contributed by atoms with Crippen molar-refractivity contribution >= 4 is 5.91 Å². The molecule has 1 saturated heterocycles. The smallest absolute Gasteiger partial charge is 0.383 e.